The first-order valence-electron chi connectivity index (χ1n) is 3.61. The number of rotatable bonds is 2. The van der Waals surface area contributed by atoms with Crippen LogP contribution in [0.4, 0.5) is 0 Å². The van der Waals surface area contributed by atoms with E-state index in [1.807, 2.05) is 0 Å². The molecule has 0 amide bonds. The van der Waals surface area contributed by atoms with Gasteiger partial charge in [-0.15, -0.1) is 6.42 Å². The highest BCUT2D eigenvalue weighted by Gasteiger charge is 2.31. The van der Waals surface area contributed by atoms with Gasteiger partial charge < -0.3 is 10.5 Å². The van der Waals surface area contributed by atoms with Gasteiger partial charge in [-0.25, -0.2) is 0 Å². The molecule has 1 heterocycles. The van der Waals surface area contributed by atoms with E-state index in [1.54, 1.807) is 0 Å². The maximum atomic E-state index is 11.0. The summed E-state index contributed by atoms with van der Waals surface area (Å²) in [5.74, 6) is 1.90. The lowest BCUT2D eigenvalue weighted by atomic mass is 9.99. The van der Waals surface area contributed by atoms with Crippen molar-refractivity contribution in [1.29, 1.82) is 0 Å². The zero-order chi connectivity index (χ0) is 8.27. The fourth-order valence-electron chi connectivity index (χ4n) is 1.25. The molecule has 0 bridgehead atoms. The average molecular weight is 153 g/mol. The smallest absolute Gasteiger partial charge is 0.234 e. The Balaban J connectivity index is 2.58. The summed E-state index contributed by atoms with van der Waals surface area (Å²) in [5, 5.41) is 0. The molecule has 0 saturated carbocycles. The lowest BCUT2D eigenvalue weighted by molar-refractivity contribution is -0.123. The maximum absolute atomic E-state index is 11.0. The van der Waals surface area contributed by atoms with Gasteiger partial charge >= 0.3 is 0 Å². The molecule has 60 valence electrons. The van der Waals surface area contributed by atoms with Gasteiger partial charge in [0.05, 0.1) is 0 Å². The number of terminal acetylenes is 1. The van der Waals surface area contributed by atoms with E-state index >= 15 is 0 Å². The summed E-state index contributed by atoms with van der Waals surface area (Å²) in [5.41, 5.74) is 5.42. The van der Waals surface area contributed by atoms with Crippen LogP contribution in [0.3, 0.4) is 0 Å². The van der Waals surface area contributed by atoms with Gasteiger partial charge in [0.1, 0.15) is 6.10 Å². The standard InChI is InChI=1S/C8H11NO2/c1-2-7(10)8-6(5-9)3-4-11-8/h1,6,8H,3-5,9H2/t6-,8-/m0/s1. The third kappa shape index (κ3) is 1.59. The Morgan fingerprint density at radius 2 is 2.55 bits per heavy atom. The molecule has 3 nitrogen and oxygen atoms in total. The van der Waals surface area contributed by atoms with Crippen molar-refractivity contribution in [2.24, 2.45) is 11.7 Å². The van der Waals surface area contributed by atoms with E-state index in [2.05, 4.69) is 5.92 Å². The van der Waals surface area contributed by atoms with Crippen molar-refractivity contribution < 1.29 is 9.53 Å². The highest BCUT2D eigenvalue weighted by Crippen LogP contribution is 2.19. The zero-order valence-electron chi connectivity index (χ0n) is 6.25. The number of ether oxygens (including phenoxy) is 1. The minimum atomic E-state index is -0.440. The summed E-state index contributed by atoms with van der Waals surface area (Å²) in [6.07, 6.45) is 5.35. The van der Waals surface area contributed by atoms with Crippen LogP contribution < -0.4 is 5.73 Å². The Morgan fingerprint density at radius 3 is 3.09 bits per heavy atom. The minimum absolute atomic E-state index is 0.124. The molecule has 1 rings (SSSR count). The van der Waals surface area contributed by atoms with Crippen molar-refractivity contribution in [1.82, 2.24) is 0 Å². The van der Waals surface area contributed by atoms with Crippen molar-refractivity contribution in [2.75, 3.05) is 13.2 Å². The van der Waals surface area contributed by atoms with E-state index in [0.29, 0.717) is 13.2 Å². The number of ketones is 1. The van der Waals surface area contributed by atoms with Crippen LogP contribution in [0.2, 0.25) is 0 Å². The molecule has 2 N–H and O–H groups in total. The van der Waals surface area contributed by atoms with Gasteiger partial charge in [-0.2, -0.15) is 0 Å². The van der Waals surface area contributed by atoms with E-state index in [0.717, 1.165) is 6.42 Å². The summed E-state index contributed by atoms with van der Waals surface area (Å²) in [7, 11) is 0. The zero-order valence-corrected chi connectivity index (χ0v) is 6.25. The molecular weight excluding hydrogens is 142 g/mol. The minimum Gasteiger partial charge on any atom is -0.369 e. The average Bonchev–Trinajstić information content (AvgIpc) is 2.50. The first kappa shape index (κ1) is 8.25. The molecule has 0 aromatic carbocycles. The second-order valence-electron chi connectivity index (χ2n) is 2.58. The van der Waals surface area contributed by atoms with Gasteiger partial charge in [0, 0.05) is 12.5 Å². The molecule has 1 saturated heterocycles. The van der Waals surface area contributed by atoms with E-state index in [1.165, 1.54) is 0 Å². The highest BCUT2D eigenvalue weighted by atomic mass is 16.5. The van der Waals surface area contributed by atoms with Gasteiger partial charge in [0.2, 0.25) is 5.78 Å². The predicted molar refractivity (Wildman–Crippen MR) is 40.7 cm³/mol. The Labute approximate surface area is 65.9 Å². The van der Waals surface area contributed by atoms with Gasteiger partial charge in [-0.3, -0.25) is 4.79 Å². The Morgan fingerprint density at radius 1 is 1.82 bits per heavy atom. The van der Waals surface area contributed by atoms with E-state index < -0.39 is 6.10 Å². The van der Waals surface area contributed by atoms with Crippen LogP contribution in [-0.2, 0) is 9.53 Å². The normalized spacial score (nSPS) is 29.8. The molecule has 0 spiro atoms. The first-order valence-corrected chi connectivity index (χ1v) is 3.61. The molecular formula is C8H11NO2. The fraction of sp³-hybridized carbons (Fsp3) is 0.625. The number of carbonyl (C=O) groups excluding carboxylic acids is 1. The van der Waals surface area contributed by atoms with Crippen LogP contribution in [0, 0.1) is 18.3 Å². The number of hydrogen-bond acceptors (Lipinski definition) is 3. The third-order valence-electron chi connectivity index (χ3n) is 1.92. The van der Waals surface area contributed by atoms with Crippen LogP contribution in [0.5, 0.6) is 0 Å². The third-order valence-corrected chi connectivity index (χ3v) is 1.92. The van der Waals surface area contributed by atoms with E-state index in [4.69, 9.17) is 16.9 Å². The largest absolute Gasteiger partial charge is 0.369 e. The molecule has 1 aliphatic rings. The number of nitrogens with two attached hydrogens (primary N) is 1. The monoisotopic (exact) mass is 153 g/mol. The van der Waals surface area contributed by atoms with Crippen LogP contribution in [-0.4, -0.2) is 25.0 Å². The molecule has 2 atom stereocenters. The Kier molecular flexibility index (Phi) is 2.64. The quantitative estimate of drug-likeness (QED) is 0.432. The SMILES string of the molecule is C#CC(=O)[C@H]1OCC[C@H]1CN. The van der Waals surface area contributed by atoms with Gasteiger partial charge in [-0.1, -0.05) is 0 Å². The molecule has 3 heteroatoms. The van der Waals surface area contributed by atoms with E-state index in [-0.39, 0.29) is 11.7 Å². The predicted octanol–water partition coefficient (Wildman–Crippen LogP) is -0.447. The van der Waals surface area contributed by atoms with Crippen LogP contribution >= 0.6 is 0 Å². The number of Topliss-reactive ketones (excluding diaryl/α,β-unsaturated/α-hetero) is 1. The van der Waals surface area contributed by atoms with Crippen molar-refractivity contribution in [3.63, 3.8) is 0 Å². The van der Waals surface area contributed by atoms with Crippen molar-refractivity contribution in [3.8, 4) is 12.3 Å². The van der Waals surface area contributed by atoms with Crippen molar-refractivity contribution >= 4 is 5.78 Å². The molecule has 0 unspecified atom stereocenters. The molecule has 1 fully saturated rings. The van der Waals surface area contributed by atoms with Gasteiger partial charge in [0.25, 0.3) is 0 Å². The second kappa shape index (κ2) is 3.51. The molecule has 1 aliphatic heterocycles. The number of carbonyl (C=O) groups is 1. The summed E-state index contributed by atoms with van der Waals surface area (Å²) in [6.45, 7) is 1.07. The fourth-order valence-corrected chi connectivity index (χ4v) is 1.25. The lowest BCUT2D eigenvalue weighted by Crippen LogP contribution is -2.30. The van der Waals surface area contributed by atoms with Crippen LogP contribution in [0.15, 0.2) is 0 Å². The van der Waals surface area contributed by atoms with Crippen molar-refractivity contribution in [3.05, 3.63) is 0 Å². The lowest BCUT2D eigenvalue weighted by Gasteiger charge is -2.11. The second-order valence-corrected chi connectivity index (χ2v) is 2.58. The topological polar surface area (TPSA) is 52.3 Å². The highest BCUT2D eigenvalue weighted by molar-refractivity contribution is 5.98. The summed E-state index contributed by atoms with van der Waals surface area (Å²) in [6, 6.07) is 0. The summed E-state index contributed by atoms with van der Waals surface area (Å²) >= 11 is 0. The molecule has 11 heavy (non-hydrogen) atoms. The van der Waals surface area contributed by atoms with E-state index in [9.17, 15) is 4.79 Å². The van der Waals surface area contributed by atoms with Crippen LogP contribution in [0.25, 0.3) is 0 Å². The summed E-state index contributed by atoms with van der Waals surface area (Å²) < 4.78 is 5.14. The van der Waals surface area contributed by atoms with Gasteiger partial charge in [-0.05, 0) is 18.9 Å². The van der Waals surface area contributed by atoms with Gasteiger partial charge in [0.15, 0.2) is 0 Å². The maximum Gasteiger partial charge on any atom is 0.234 e. The summed E-state index contributed by atoms with van der Waals surface area (Å²) in [4.78, 5) is 11.0. The first-order chi connectivity index (χ1) is 5.29. The van der Waals surface area contributed by atoms with Crippen molar-refractivity contribution in [2.45, 2.75) is 12.5 Å². The Bertz CT molecular complexity index is 195. The molecule has 0 aromatic heterocycles. The van der Waals surface area contributed by atoms with Crippen LogP contribution in [0.1, 0.15) is 6.42 Å². The number of hydrogen-bond donors (Lipinski definition) is 1. The Hall–Kier alpha value is -0.850. The molecule has 0 aromatic rings. The molecule has 0 radical (unpaired) electrons. The molecule has 0 aliphatic carbocycles.